The lowest BCUT2D eigenvalue weighted by Gasteiger charge is -2.49. The van der Waals surface area contributed by atoms with E-state index in [4.69, 9.17) is 9.26 Å². The minimum Gasteiger partial charge on any atom is -0.507 e. The van der Waals surface area contributed by atoms with E-state index in [9.17, 15) is 9.90 Å². The molecule has 1 fully saturated rings. The molecule has 1 heterocycles. The molecule has 0 amide bonds. The Labute approximate surface area is 234 Å². The smallest absolute Gasteiger partial charge is 0.265 e. The normalized spacial score (nSPS) is 23.5. The van der Waals surface area contributed by atoms with Crippen LogP contribution >= 0.6 is 0 Å². The molecule has 0 saturated heterocycles. The first-order valence-corrected chi connectivity index (χ1v) is 14.2. The van der Waals surface area contributed by atoms with Crippen molar-refractivity contribution in [2.45, 2.75) is 53.1 Å². The summed E-state index contributed by atoms with van der Waals surface area (Å²) in [6.45, 7) is 11.0. The van der Waals surface area contributed by atoms with Crippen LogP contribution in [0, 0.1) is 24.2 Å². The molecule has 0 aliphatic heterocycles. The Balaban J connectivity index is 1.28. The van der Waals surface area contributed by atoms with Gasteiger partial charge in [0.05, 0.1) is 5.41 Å². The second kappa shape index (κ2) is 8.95. The molecular weight excluding hydrogens is 498 g/mol. The SMILES string of the molecule is C=C1C2=C(O)c3c(cc4cc(CC)ccc4c3C)CC2CC2Cc3onc(OCc4ccccc4)c3C(=O)C12C. The van der Waals surface area contributed by atoms with Crippen LogP contribution in [0.3, 0.4) is 0 Å². The molecule has 4 aromatic rings. The van der Waals surface area contributed by atoms with Crippen molar-refractivity contribution in [3.63, 3.8) is 0 Å². The minimum atomic E-state index is -0.874. The zero-order chi connectivity index (χ0) is 27.8. The maximum atomic E-state index is 14.3. The lowest BCUT2D eigenvalue weighted by atomic mass is 9.52. The zero-order valence-corrected chi connectivity index (χ0v) is 23.2. The second-order valence-corrected chi connectivity index (χ2v) is 11.8. The fourth-order valence-corrected chi connectivity index (χ4v) is 7.40. The summed E-state index contributed by atoms with van der Waals surface area (Å²) in [6.07, 6.45) is 3.16. The number of allylic oxidation sites excluding steroid dienone is 2. The first-order chi connectivity index (χ1) is 19.3. The number of aliphatic hydroxyl groups excluding tert-OH is 1. The molecule has 3 unspecified atom stereocenters. The van der Waals surface area contributed by atoms with Crippen LogP contribution in [0.4, 0.5) is 0 Å². The first-order valence-electron chi connectivity index (χ1n) is 14.2. The molecule has 3 aliphatic carbocycles. The van der Waals surface area contributed by atoms with Crippen molar-refractivity contribution in [1.82, 2.24) is 5.16 Å². The summed E-state index contributed by atoms with van der Waals surface area (Å²) >= 11 is 0. The number of benzene rings is 3. The molecule has 3 atom stereocenters. The molecule has 1 aromatic heterocycles. The first kappa shape index (κ1) is 24.9. The molecule has 3 aromatic carbocycles. The van der Waals surface area contributed by atoms with Crippen LogP contribution in [-0.2, 0) is 25.9 Å². The summed E-state index contributed by atoms with van der Waals surface area (Å²) in [6, 6.07) is 18.6. The molecule has 40 heavy (non-hydrogen) atoms. The molecule has 7 rings (SSSR count). The van der Waals surface area contributed by atoms with E-state index in [1.165, 1.54) is 16.5 Å². The number of carbonyl (C=O) groups is 1. The average molecular weight is 532 g/mol. The van der Waals surface area contributed by atoms with Gasteiger partial charge in [0.2, 0.25) is 0 Å². The number of fused-ring (bicyclic) bond motifs is 5. The van der Waals surface area contributed by atoms with Gasteiger partial charge in [-0.3, -0.25) is 4.79 Å². The molecule has 0 spiro atoms. The van der Waals surface area contributed by atoms with E-state index in [-0.39, 0.29) is 29.3 Å². The van der Waals surface area contributed by atoms with Crippen molar-refractivity contribution in [1.29, 1.82) is 0 Å². The predicted octanol–water partition coefficient (Wildman–Crippen LogP) is 7.74. The third-order valence-corrected chi connectivity index (χ3v) is 9.74. The third-order valence-electron chi connectivity index (χ3n) is 9.74. The monoisotopic (exact) mass is 531 g/mol. The van der Waals surface area contributed by atoms with Crippen molar-refractivity contribution >= 4 is 22.3 Å². The van der Waals surface area contributed by atoms with Gasteiger partial charge >= 0.3 is 0 Å². The Morgan fingerprint density at radius 2 is 1.90 bits per heavy atom. The van der Waals surface area contributed by atoms with Gasteiger partial charge in [-0.25, -0.2) is 0 Å². The van der Waals surface area contributed by atoms with Gasteiger partial charge in [0.1, 0.15) is 17.9 Å². The number of carbonyl (C=O) groups excluding carboxylic acids is 1. The molecule has 0 bridgehead atoms. The quantitative estimate of drug-likeness (QED) is 0.292. The van der Waals surface area contributed by atoms with Gasteiger partial charge in [-0.1, -0.05) is 68.1 Å². The van der Waals surface area contributed by atoms with Crippen LogP contribution in [-0.4, -0.2) is 16.0 Å². The molecular formula is C35H33NO4. The van der Waals surface area contributed by atoms with Gasteiger partial charge in [-0.2, -0.15) is 0 Å². The highest BCUT2D eigenvalue weighted by Gasteiger charge is 2.56. The summed E-state index contributed by atoms with van der Waals surface area (Å²) in [4.78, 5) is 14.3. The van der Waals surface area contributed by atoms with Crippen LogP contribution in [0.25, 0.3) is 16.5 Å². The fraction of sp³-hybridized carbons (Fsp3) is 0.314. The number of nitrogens with zero attached hydrogens (tertiary/aromatic N) is 1. The fourth-order valence-electron chi connectivity index (χ4n) is 7.40. The Hall–Kier alpha value is -4.12. The van der Waals surface area contributed by atoms with Gasteiger partial charge < -0.3 is 14.4 Å². The number of rotatable bonds is 4. The van der Waals surface area contributed by atoms with Crippen LogP contribution in [0.1, 0.15) is 64.2 Å². The summed E-state index contributed by atoms with van der Waals surface area (Å²) in [5.74, 6) is 1.12. The van der Waals surface area contributed by atoms with Gasteiger partial charge in [0.25, 0.3) is 5.88 Å². The highest BCUT2D eigenvalue weighted by Crippen LogP contribution is 2.59. The number of Topliss-reactive ketones (excluding diaryl/α,β-unsaturated/α-hetero) is 1. The number of hydrogen-bond donors (Lipinski definition) is 1. The molecule has 1 N–H and O–H groups in total. The topological polar surface area (TPSA) is 72.6 Å². The Kier molecular flexibility index (Phi) is 5.57. The van der Waals surface area contributed by atoms with Crippen LogP contribution in [0.5, 0.6) is 5.88 Å². The minimum absolute atomic E-state index is 0.00581. The lowest BCUT2D eigenvalue weighted by molar-refractivity contribution is 0.0669. The van der Waals surface area contributed by atoms with E-state index < -0.39 is 5.41 Å². The number of ketones is 1. The highest BCUT2D eigenvalue weighted by atomic mass is 16.5. The van der Waals surface area contributed by atoms with Crippen molar-refractivity contribution in [3.8, 4) is 5.88 Å². The highest BCUT2D eigenvalue weighted by molar-refractivity contribution is 6.07. The summed E-state index contributed by atoms with van der Waals surface area (Å²) < 4.78 is 11.7. The van der Waals surface area contributed by atoms with E-state index in [1.54, 1.807) is 0 Å². The van der Waals surface area contributed by atoms with E-state index in [0.717, 1.165) is 46.9 Å². The van der Waals surface area contributed by atoms with E-state index in [1.807, 2.05) is 37.3 Å². The molecule has 1 saturated carbocycles. The van der Waals surface area contributed by atoms with Crippen molar-refractivity contribution in [3.05, 3.63) is 111 Å². The number of hydrogen-bond acceptors (Lipinski definition) is 5. The number of aliphatic hydroxyl groups is 1. The van der Waals surface area contributed by atoms with E-state index in [2.05, 4.69) is 49.8 Å². The van der Waals surface area contributed by atoms with Crippen molar-refractivity contribution in [2.75, 3.05) is 0 Å². The second-order valence-electron chi connectivity index (χ2n) is 11.8. The molecule has 3 aliphatic rings. The summed E-state index contributed by atoms with van der Waals surface area (Å²) in [5.41, 5.74) is 6.52. The number of aryl methyl sites for hydroxylation is 2. The predicted molar refractivity (Wildman–Crippen MR) is 155 cm³/mol. The largest absolute Gasteiger partial charge is 0.507 e. The van der Waals surface area contributed by atoms with Gasteiger partial charge in [0.15, 0.2) is 11.5 Å². The average Bonchev–Trinajstić information content (AvgIpc) is 3.36. The van der Waals surface area contributed by atoms with Crippen LogP contribution in [0.2, 0.25) is 0 Å². The van der Waals surface area contributed by atoms with Crippen LogP contribution < -0.4 is 4.74 Å². The summed E-state index contributed by atoms with van der Waals surface area (Å²) in [7, 11) is 0. The zero-order valence-electron chi connectivity index (χ0n) is 23.2. The molecule has 5 nitrogen and oxygen atoms in total. The van der Waals surface area contributed by atoms with Gasteiger partial charge in [0, 0.05) is 17.6 Å². The Morgan fingerprint density at radius 1 is 1.10 bits per heavy atom. The van der Waals surface area contributed by atoms with Crippen LogP contribution in [0.15, 0.2) is 76.8 Å². The maximum Gasteiger partial charge on any atom is 0.265 e. The molecule has 0 radical (unpaired) electrons. The lowest BCUT2D eigenvalue weighted by Crippen LogP contribution is -2.48. The molecule has 5 heteroatoms. The Morgan fingerprint density at radius 3 is 2.67 bits per heavy atom. The van der Waals surface area contributed by atoms with E-state index >= 15 is 0 Å². The third kappa shape index (κ3) is 3.46. The number of aromatic nitrogens is 1. The Bertz CT molecular complexity index is 1740. The number of ether oxygens (including phenoxy) is 1. The van der Waals surface area contributed by atoms with Crippen molar-refractivity contribution in [2.24, 2.45) is 17.3 Å². The summed E-state index contributed by atoms with van der Waals surface area (Å²) in [5, 5.41) is 18.4. The van der Waals surface area contributed by atoms with Gasteiger partial charge in [-0.05, 0) is 88.7 Å². The van der Waals surface area contributed by atoms with Crippen molar-refractivity contribution < 1.29 is 19.2 Å². The standard InChI is InChI=1S/C35H33NO4/c1-5-21-11-12-27-19(2)29-24(14-23(27)13-21)15-25-16-26-17-28-31(33(38)35(26,4)20(3)30(25)32(29)37)34(36-40-28)39-18-22-9-7-6-8-10-22/h6-14,25-26,37H,3,5,15-18H2,1-2,4H3. The maximum absolute atomic E-state index is 14.3. The van der Waals surface area contributed by atoms with E-state index in [0.29, 0.717) is 29.9 Å². The molecule has 202 valence electrons. The van der Waals surface area contributed by atoms with Gasteiger partial charge in [-0.15, -0.1) is 0 Å².